The number of aliphatic hydroxyl groups excluding tert-OH is 16. The molecule has 5 saturated heterocycles. The molecule has 5 rings (SSSR count). The van der Waals surface area contributed by atoms with Crippen LogP contribution in [0, 0.1) is 0 Å². The van der Waals surface area contributed by atoms with Gasteiger partial charge in [0.05, 0.1) is 76.1 Å². The van der Waals surface area contributed by atoms with E-state index in [0.29, 0.717) is 12.8 Å². The highest BCUT2D eigenvalue weighted by atomic mass is 16.8. The van der Waals surface area contributed by atoms with E-state index in [2.05, 4.69) is 35.1 Å². The van der Waals surface area contributed by atoms with Crippen LogP contribution in [0.3, 0.4) is 0 Å². The zero-order valence-corrected chi connectivity index (χ0v) is 69.2. The summed E-state index contributed by atoms with van der Waals surface area (Å²) in [4.78, 5) is 79.1. The number of carboxylic acids is 2. The SMILES string of the molecule is CCCCCCCCCCCCC/C=C/[C@@H](O)[C@H](CO[C@@H]1OC(CO)[C@@H](O[C@@H]2OC(CO)[C@H](O[C@@H]3OC(CO)[C@H](O)[C@H](O)C3NC(C)=O)[C@H](O[C@]3(C(=O)O)CC(O)[C@@H](NC(C)=O)C([C@H](O)[C@@H](CO)O[C@]4(C(=O)O)CC(O)[C@@H](NC(C)=O)C([C@H](O)[C@H](O)CO)O4)O3)C2O)[C@H](O)C1O)NC(=O)CCCCCCCCCCCCCCCCCCC. The third-order valence-electron chi connectivity index (χ3n) is 22.5. The number of aliphatic hydroxyl groups is 16. The van der Waals surface area contributed by atoms with E-state index in [9.17, 15) is 121 Å². The third-order valence-corrected chi connectivity index (χ3v) is 22.5. The van der Waals surface area contributed by atoms with E-state index in [0.717, 1.165) is 85.0 Å². The lowest BCUT2D eigenvalue weighted by Crippen LogP contribution is -2.72. The van der Waals surface area contributed by atoms with Gasteiger partial charge in [0.2, 0.25) is 23.6 Å². The number of aliphatic carboxylic acids is 2. The van der Waals surface area contributed by atoms with Crippen molar-refractivity contribution >= 4 is 35.6 Å². The third kappa shape index (κ3) is 31.9. The smallest absolute Gasteiger partial charge is 0.364 e. The molecule has 0 aromatic carbocycles. The monoisotopic (exact) mass is 1700 g/mol. The summed E-state index contributed by atoms with van der Waals surface area (Å²) in [5, 5.41) is 213. The summed E-state index contributed by atoms with van der Waals surface area (Å²) < 4.78 is 59.9. The Labute approximate surface area is 690 Å². The predicted octanol–water partition coefficient (Wildman–Crippen LogP) is -0.913. The Bertz CT molecular complexity index is 2900. The molecule has 0 bridgehead atoms. The highest BCUT2D eigenvalue weighted by molar-refractivity contribution is 5.78. The minimum atomic E-state index is -3.59. The highest BCUT2D eigenvalue weighted by Gasteiger charge is 2.64. The maximum Gasteiger partial charge on any atom is 0.364 e. The molecule has 118 heavy (non-hydrogen) atoms. The van der Waals surface area contributed by atoms with Gasteiger partial charge in [-0.2, -0.15) is 0 Å². The lowest BCUT2D eigenvalue weighted by atomic mass is 9.87. The zero-order chi connectivity index (χ0) is 87.2. The first-order valence-electron chi connectivity index (χ1n) is 42.7. The summed E-state index contributed by atoms with van der Waals surface area (Å²) in [6.07, 6.45) is -16.7. The van der Waals surface area contributed by atoms with Gasteiger partial charge >= 0.3 is 11.9 Å². The van der Waals surface area contributed by atoms with Crippen LogP contribution < -0.4 is 21.3 Å². The van der Waals surface area contributed by atoms with Crippen molar-refractivity contribution in [3.63, 3.8) is 0 Å². The second-order valence-corrected chi connectivity index (χ2v) is 32.1. The van der Waals surface area contributed by atoms with Crippen molar-refractivity contribution in [3.8, 4) is 0 Å². The second kappa shape index (κ2) is 54.3. The lowest BCUT2D eigenvalue weighted by Gasteiger charge is -2.52. The quantitative estimate of drug-likeness (QED) is 0.0259. The van der Waals surface area contributed by atoms with Crippen LogP contribution in [0.1, 0.15) is 240 Å². The van der Waals surface area contributed by atoms with Crippen LogP contribution in [0.5, 0.6) is 0 Å². The van der Waals surface area contributed by atoms with Gasteiger partial charge in [0.25, 0.3) is 11.6 Å². The number of carbonyl (C=O) groups excluding carboxylic acids is 4. The van der Waals surface area contributed by atoms with Crippen molar-refractivity contribution in [1.29, 1.82) is 0 Å². The number of allylic oxidation sites excluding steroid dienone is 1. The number of carbonyl (C=O) groups is 6. The first-order chi connectivity index (χ1) is 56.3. The summed E-state index contributed by atoms with van der Waals surface area (Å²) in [6.45, 7) is 0.534. The van der Waals surface area contributed by atoms with Gasteiger partial charge in [0.15, 0.2) is 18.9 Å². The molecule has 5 aliphatic rings. The van der Waals surface area contributed by atoms with Crippen LogP contribution in [-0.2, 0) is 76.1 Å². The Kier molecular flexibility index (Phi) is 47.9. The molecule has 0 spiro atoms. The maximum absolute atomic E-state index is 14.2. The van der Waals surface area contributed by atoms with Crippen molar-refractivity contribution in [1.82, 2.24) is 21.3 Å². The normalized spacial score (nSPS) is 32.9. The Morgan fingerprint density at radius 2 is 0.881 bits per heavy atom. The molecule has 0 saturated carbocycles. The molecule has 5 heterocycles. The Morgan fingerprint density at radius 3 is 1.35 bits per heavy atom. The maximum atomic E-state index is 14.2. The van der Waals surface area contributed by atoms with Gasteiger partial charge in [-0.3, -0.25) is 19.2 Å². The summed E-state index contributed by atoms with van der Waals surface area (Å²) in [5.41, 5.74) is 0. The van der Waals surface area contributed by atoms with Crippen LogP contribution in [0.15, 0.2) is 12.2 Å². The van der Waals surface area contributed by atoms with Crippen molar-refractivity contribution in [2.24, 2.45) is 0 Å². The van der Waals surface area contributed by atoms with E-state index >= 15 is 0 Å². The van der Waals surface area contributed by atoms with E-state index in [1.54, 1.807) is 6.08 Å². The number of rotatable bonds is 58. The molecule has 0 radical (unpaired) electrons. The molecule has 38 heteroatoms. The van der Waals surface area contributed by atoms with Crippen LogP contribution in [0.4, 0.5) is 0 Å². The minimum Gasteiger partial charge on any atom is -0.477 e. The van der Waals surface area contributed by atoms with E-state index in [1.165, 1.54) is 115 Å². The second-order valence-electron chi connectivity index (χ2n) is 32.1. The van der Waals surface area contributed by atoms with E-state index < -0.39 is 265 Å². The molecular weight excluding hydrogens is 1560 g/mol. The van der Waals surface area contributed by atoms with Gasteiger partial charge in [-0.05, 0) is 19.3 Å². The fraction of sp³-hybridized carbons (Fsp3) is 0.900. The largest absolute Gasteiger partial charge is 0.477 e. The van der Waals surface area contributed by atoms with Crippen molar-refractivity contribution in [2.45, 2.75) is 417 Å². The molecular formula is C80H142N4O34. The number of nitrogens with one attached hydrogen (secondary N) is 4. The molecule has 10 unspecified atom stereocenters. The van der Waals surface area contributed by atoms with Crippen molar-refractivity contribution in [2.75, 3.05) is 39.6 Å². The predicted molar refractivity (Wildman–Crippen MR) is 416 cm³/mol. The summed E-state index contributed by atoms with van der Waals surface area (Å²) in [7, 11) is 0. The van der Waals surface area contributed by atoms with Gasteiger partial charge in [0.1, 0.15) is 110 Å². The Balaban J connectivity index is 1.42. The molecule has 4 amide bonds. The molecule has 5 aliphatic heterocycles. The van der Waals surface area contributed by atoms with Gasteiger partial charge < -0.3 is 161 Å². The minimum absolute atomic E-state index is 0.113. The van der Waals surface area contributed by atoms with Gasteiger partial charge in [-0.25, -0.2) is 9.59 Å². The lowest BCUT2D eigenvalue weighted by molar-refractivity contribution is -0.402. The molecule has 0 aromatic heterocycles. The summed E-state index contributed by atoms with van der Waals surface area (Å²) in [6, 6.07) is -6.82. The number of hydrogen-bond donors (Lipinski definition) is 22. The van der Waals surface area contributed by atoms with E-state index in [4.69, 9.17) is 47.4 Å². The summed E-state index contributed by atoms with van der Waals surface area (Å²) >= 11 is 0. The van der Waals surface area contributed by atoms with E-state index in [-0.39, 0.29) is 6.42 Å². The number of ether oxygens (including phenoxy) is 10. The average molecular weight is 1700 g/mol. The Hall–Kier alpha value is -4.48. The molecule has 5 fully saturated rings. The molecule has 686 valence electrons. The van der Waals surface area contributed by atoms with Crippen LogP contribution >= 0.6 is 0 Å². The molecule has 22 N–H and O–H groups in total. The van der Waals surface area contributed by atoms with Gasteiger partial charge in [-0.15, -0.1) is 0 Å². The highest BCUT2D eigenvalue weighted by Crippen LogP contribution is 2.42. The summed E-state index contributed by atoms with van der Waals surface area (Å²) in [5.74, 6) is -14.6. The number of carboxylic acid groups (broad SMARTS) is 2. The fourth-order valence-electron chi connectivity index (χ4n) is 15.8. The van der Waals surface area contributed by atoms with E-state index in [1.807, 2.05) is 0 Å². The topological polar surface area (TPSA) is 607 Å². The number of amides is 4. The van der Waals surface area contributed by atoms with Crippen LogP contribution in [-0.4, -0.2) is 344 Å². The number of hydrogen-bond acceptors (Lipinski definition) is 32. The van der Waals surface area contributed by atoms with Crippen LogP contribution in [0.25, 0.3) is 0 Å². The average Bonchev–Trinajstić information content (AvgIpc) is 0.755. The molecule has 0 aromatic rings. The zero-order valence-electron chi connectivity index (χ0n) is 69.2. The molecule has 29 atom stereocenters. The fourth-order valence-corrected chi connectivity index (χ4v) is 15.8. The van der Waals surface area contributed by atoms with Crippen molar-refractivity contribution in [3.05, 3.63) is 12.2 Å². The molecule has 0 aliphatic carbocycles. The number of unbranched alkanes of at least 4 members (excludes halogenated alkanes) is 27. The van der Waals surface area contributed by atoms with Crippen molar-refractivity contribution < 1.29 is 168 Å². The first kappa shape index (κ1) is 104. The Morgan fingerprint density at radius 1 is 0.458 bits per heavy atom. The van der Waals surface area contributed by atoms with Gasteiger partial charge in [0, 0.05) is 40.0 Å². The van der Waals surface area contributed by atoms with Gasteiger partial charge in [-0.1, -0.05) is 193 Å². The first-order valence-corrected chi connectivity index (χ1v) is 42.7. The standard InChI is InChI=1S/C80H142N4O34/c1-6-8-10-12-14-16-18-20-21-22-23-25-27-29-31-33-35-37-58(97)84-49(50(93)36-34-32-30-28-26-24-19-17-15-13-11-9-7-2)45-109-75-67(103)66(102)69(56(43-88)111-75)113-76-68(104)73(70(57(44-89)112-76)114-74-61(83-48(5)92)65(101)63(99)54(41-86)110-74)118-80(78(107)108)39-52(95)60(82-47(4)91)72(117-80)64(100)55(42-87)115-79(77(105)106)38-51(94)59(81-46(3)90)71(116-79)62(98)53(96)40-85/h34,36,49-57,59-76,85-89,93-96,98-104H,6-33,35,37-45H2,1-5H3,(H,81,90)(H,82,91)(H,83,92)(H,84,97)(H,105,106)(H,107,108)/b36-34+/t49-,50+,51?,52?,53+,54?,55+,56?,57?,59+,60+,61?,62+,63-,64+,65+,66+,67?,68?,69+,70-,71?,72?,73+,74-,75+,76-,79+,80-/m0/s1. The molecule has 38 nitrogen and oxygen atoms in total. The van der Waals surface area contributed by atoms with Crippen LogP contribution in [0.2, 0.25) is 0 Å².